The van der Waals surface area contributed by atoms with Crippen molar-refractivity contribution in [3.63, 3.8) is 0 Å². The molecule has 1 aliphatic heterocycles. The molecule has 1 aliphatic rings. The third kappa shape index (κ3) is 4.67. The maximum Gasteiger partial charge on any atom is 0.240 e. The fourth-order valence-corrected chi connectivity index (χ4v) is 2.34. The van der Waals surface area contributed by atoms with Crippen molar-refractivity contribution >= 4 is 12.4 Å². The Balaban J connectivity index is 0.00000180. The summed E-state index contributed by atoms with van der Waals surface area (Å²) in [5.74, 6) is -0.338. The van der Waals surface area contributed by atoms with Gasteiger partial charge < -0.3 is 5.32 Å². The van der Waals surface area contributed by atoms with Crippen LogP contribution >= 0.6 is 12.4 Å². The third-order valence-corrected chi connectivity index (χ3v) is 3.25. The Kier molecular flexibility index (Phi) is 6.62. The second kappa shape index (κ2) is 7.72. The highest BCUT2D eigenvalue weighted by Crippen LogP contribution is 2.27. The summed E-state index contributed by atoms with van der Waals surface area (Å²) in [6, 6.07) is 5.54. The fourth-order valence-electron chi connectivity index (χ4n) is 2.34. The number of halogens is 4. The van der Waals surface area contributed by atoms with Crippen LogP contribution in [0.4, 0.5) is 13.2 Å². The zero-order chi connectivity index (χ0) is 13.0. The summed E-state index contributed by atoms with van der Waals surface area (Å²) < 4.78 is 38.3. The van der Waals surface area contributed by atoms with E-state index < -0.39 is 6.43 Å². The molecule has 108 valence electrons. The summed E-state index contributed by atoms with van der Waals surface area (Å²) in [5, 5.41) is 3.19. The molecule has 2 rings (SSSR count). The number of hydrogen-bond acceptors (Lipinski definition) is 2. The highest BCUT2D eigenvalue weighted by molar-refractivity contribution is 5.85. The first-order valence-electron chi connectivity index (χ1n) is 6.15. The SMILES string of the molecule is Cl.Fc1ccc([C@@H](CC(F)F)N2CCNCC2)cc1. The lowest BCUT2D eigenvalue weighted by Gasteiger charge is -2.35. The highest BCUT2D eigenvalue weighted by Gasteiger charge is 2.25. The first-order valence-corrected chi connectivity index (χ1v) is 6.15. The number of piperazine rings is 1. The summed E-state index contributed by atoms with van der Waals surface area (Å²) in [6.45, 7) is 3.10. The van der Waals surface area contributed by atoms with Crippen molar-refractivity contribution in [2.24, 2.45) is 0 Å². The Morgan fingerprint density at radius 3 is 2.21 bits per heavy atom. The van der Waals surface area contributed by atoms with E-state index in [1.54, 1.807) is 12.1 Å². The van der Waals surface area contributed by atoms with Crippen LogP contribution in [0.5, 0.6) is 0 Å². The normalized spacial score (nSPS) is 18.1. The molecule has 19 heavy (non-hydrogen) atoms. The predicted octanol–water partition coefficient (Wildman–Crippen LogP) is 2.85. The average Bonchev–Trinajstić information content (AvgIpc) is 2.38. The molecule has 2 nitrogen and oxygen atoms in total. The molecule has 1 aromatic carbocycles. The number of rotatable bonds is 4. The number of nitrogens with one attached hydrogen (secondary N) is 1. The maximum atomic E-state index is 12.9. The lowest BCUT2D eigenvalue weighted by atomic mass is 10.0. The molecule has 1 heterocycles. The minimum atomic E-state index is -2.35. The van der Waals surface area contributed by atoms with E-state index in [1.807, 2.05) is 4.90 Å². The van der Waals surface area contributed by atoms with E-state index in [1.165, 1.54) is 12.1 Å². The van der Waals surface area contributed by atoms with Gasteiger partial charge in [0, 0.05) is 38.6 Å². The zero-order valence-corrected chi connectivity index (χ0v) is 11.3. The van der Waals surface area contributed by atoms with E-state index in [0.29, 0.717) is 0 Å². The lowest BCUT2D eigenvalue weighted by Crippen LogP contribution is -2.45. The summed E-state index contributed by atoms with van der Waals surface area (Å²) in [5.41, 5.74) is 0.763. The average molecular weight is 295 g/mol. The van der Waals surface area contributed by atoms with Gasteiger partial charge in [0.05, 0.1) is 0 Å². The van der Waals surface area contributed by atoms with E-state index in [2.05, 4.69) is 5.32 Å². The maximum absolute atomic E-state index is 12.9. The molecule has 1 atom stereocenters. The van der Waals surface area contributed by atoms with Crippen LogP contribution in [0.25, 0.3) is 0 Å². The number of nitrogens with zero attached hydrogens (tertiary/aromatic N) is 1. The van der Waals surface area contributed by atoms with Gasteiger partial charge in [0.1, 0.15) is 5.82 Å². The largest absolute Gasteiger partial charge is 0.314 e. The van der Waals surface area contributed by atoms with E-state index in [4.69, 9.17) is 0 Å². The highest BCUT2D eigenvalue weighted by atomic mass is 35.5. The monoisotopic (exact) mass is 294 g/mol. The standard InChI is InChI=1S/C13H17F3N2.ClH/c14-11-3-1-10(2-4-11)12(9-13(15)16)18-7-5-17-6-8-18;/h1-4,12-13,17H,5-9H2;1H/t12-;/m1./s1. The quantitative estimate of drug-likeness (QED) is 0.919. The molecular weight excluding hydrogens is 277 g/mol. The smallest absolute Gasteiger partial charge is 0.240 e. The molecule has 6 heteroatoms. The lowest BCUT2D eigenvalue weighted by molar-refractivity contribution is 0.0739. The van der Waals surface area contributed by atoms with Crippen LogP contribution in [0.2, 0.25) is 0 Å². The summed E-state index contributed by atoms with van der Waals surface area (Å²) in [7, 11) is 0. The van der Waals surface area contributed by atoms with Crippen LogP contribution in [-0.4, -0.2) is 37.5 Å². The number of alkyl halides is 2. The molecule has 1 aromatic rings. The molecule has 1 N–H and O–H groups in total. The van der Waals surface area contributed by atoms with Crippen LogP contribution in [-0.2, 0) is 0 Å². The van der Waals surface area contributed by atoms with Crippen molar-refractivity contribution < 1.29 is 13.2 Å². The molecule has 0 amide bonds. The second-order valence-corrected chi connectivity index (χ2v) is 4.48. The van der Waals surface area contributed by atoms with Crippen LogP contribution in [0.1, 0.15) is 18.0 Å². The van der Waals surface area contributed by atoms with Gasteiger partial charge in [0.25, 0.3) is 0 Å². The van der Waals surface area contributed by atoms with Crippen molar-refractivity contribution in [3.05, 3.63) is 35.6 Å². The molecule has 0 bridgehead atoms. The van der Waals surface area contributed by atoms with E-state index in [0.717, 1.165) is 31.7 Å². The van der Waals surface area contributed by atoms with Gasteiger partial charge in [-0.2, -0.15) is 0 Å². The van der Waals surface area contributed by atoms with Gasteiger partial charge in [0.15, 0.2) is 0 Å². The summed E-state index contributed by atoms with van der Waals surface area (Å²) in [4.78, 5) is 2.04. The van der Waals surface area contributed by atoms with Crippen LogP contribution in [0, 0.1) is 5.82 Å². The molecule has 0 aliphatic carbocycles. The van der Waals surface area contributed by atoms with Crippen molar-refractivity contribution in [1.82, 2.24) is 10.2 Å². The second-order valence-electron chi connectivity index (χ2n) is 4.48. The van der Waals surface area contributed by atoms with Gasteiger partial charge in [0.2, 0.25) is 6.43 Å². The topological polar surface area (TPSA) is 15.3 Å². The molecule has 0 aromatic heterocycles. The van der Waals surface area contributed by atoms with Gasteiger partial charge in [-0.3, -0.25) is 4.90 Å². The Bertz CT molecular complexity index is 367. The first-order chi connectivity index (χ1) is 8.66. The fraction of sp³-hybridized carbons (Fsp3) is 0.538. The Hall–Kier alpha value is -0.780. The number of hydrogen-bond donors (Lipinski definition) is 1. The molecule has 1 saturated heterocycles. The van der Waals surface area contributed by atoms with Crippen molar-refractivity contribution in [1.29, 1.82) is 0 Å². The first kappa shape index (κ1) is 16.3. The molecule has 0 spiro atoms. The molecule has 0 unspecified atom stereocenters. The van der Waals surface area contributed by atoms with Crippen molar-refractivity contribution in [2.45, 2.75) is 18.9 Å². The van der Waals surface area contributed by atoms with Gasteiger partial charge in [-0.15, -0.1) is 12.4 Å². The molecule has 0 saturated carbocycles. The van der Waals surface area contributed by atoms with E-state index in [9.17, 15) is 13.2 Å². The molecule has 1 fully saturated rings. The minimum absolute atomic E-state index is 0. The van der Waals surface area contributed by atoms with Crippen LogP contribution < -0.4 is 5.32 Å². The number of benzene rings is 1. The zero-order valence-electron chi connectivity index (χ0n) is 10.5. The van der Waals surface area contributed by atoms with Gasteiger partial charge in [-0.05, 0) is 17.7 Å². The predicted molar refractivity (Wildman–Crippen MR) is 71.5 cm³/mol. The minimum Gasteiger partial charge on any atom is -0.314 e. The van der Waals surface area contributed by atoms with Gasteiger partial charge in [-0.1, -0.05) is 12.1 Å². The summed E-state index contributed by atoms with van der Waals surface area (Å²) >= 11 is 0. The Labute approximate surface area is 117 Å². The Morgan fingerprint density at radius 1 is 1.11 bits per heavy atom. The van der Waals surface area contributed by atoms with Crippen LogP contribution in [0.3, 0.4) is 0 Å². The third-order valence-electron chi connectivity index (χ3n) is 3.25. The van der Waals surface area contributed by atoms with Gasteiger partial charge in [-0.25, -0.2) is 13.2 Å². The van der Waals surface area contributed by atoms with E-state index >= 15 is 0 Å². The molecular formula is C13H18ClF3N2. The van der Waals surface area contributed by atoms with E-state index in [-0.39, 0.29) is 30.7 Å². The summed E-state index contributed by atoms with van der Waals surface area (Å²) in [6.07, 6.45) is -2.55. The van der Waals surface area contributed by atoms with Crippen molar-refractivity contribution in [2.75, 3.05) is 26.2 Å². The Morgan fingerprint density at radius 2 is 1.68 bits per heavy atom. The van der Waals surface area contributed by atoms with Gasteiger partial charge >= 0.3 is 0 Å². The van der Waals surface area contributed by atoms with Crippen LogP contribution in [0.15, 0.2) is 24.3 Å². The van der Waals surface area contributed by atoms with Crippen molar-refractivity contribution in [3.8, 4) is 0 Å². The molecule has 0 radical (unpaired) electrons.